The molecule has 1 amide bonds. The number of benzene rings is 3. The number of fused-ring (bicyclic) bond motifs is 1. The summed E-state index contributed by atoms with van der Waals surface area (Å²) in [6.07, 6.45) is 2.21. The van der Waals surface area contributed by atoms with Gasteiger partial charge in [0.15, 0.2) is 5.58 Å². The summed E-state index contributed by atoms with van der Waals surface area (Å²) in [6, 6.07) is 23.7. The van der Waals surface area contributed by atoms with E-state index in [9.17, 15) is 4.79 Å². The van der Waals surface area contributed by atoms with E-state index < -0.39 is 0 Å². The molecule has 0 unspecified atom stereocenters. The number of aromatic nitrogens is 1. The van der Waals surface area contributed by atoms with Crippen LogP contribution in [0, 0.1) is 6.92 Å². The highest BCUT2D eigenvalue weighted by molar-refractivity contribution is 5.92. The van der Waals surface area contributed by atoms with E-state index >= 15 is 0 Å². The molecule has 3 aromatic carbocycles. The molecule has 4 heteroatoms. The molecule has 28 heavy (non-hydrogen) atoms. The molecule has 0 radical (unpaired) electrons. The Labute approximate surface area is 164 Å². The van der Waals surface area contributed by atoms with E-state index in [1.807, 2.05) is 67.6 Å². The number of oxazole rings is 1. The molecule has 0 aliphatic heterocycles. The zero-order valence-electron chi connectivity index (χ0n) is 15.8. The van der Waals surface area contributed by atoms with Crippen LogP contribution in [0.4, 0.5) is 5.69 Å². The van der Waals surface area contributed by atoms with Crippen LogP contribution in [0.3, 0.4) is 0 Å². The minimum atomic E-state index is 0.0220. The van der Waals surface area contributed by atoms with E-state index in [0.717, 1.165) is 40.8 Å². The Hall–Kier alpha value is -3.40. The maximum atomic E-state index is 12.4. The SMILES string of the molecule is Cc1c(NC(=O)CCCc2ccccc2)cccc1-c1nc2ccccc2o1. The van der Waals surface area contributed by atoms with Crippen LogP contribution < -0.4 is 5.32 Å². The van der Waals surface area contributed by atoms with Crippen molar-refractivity contribution in [3.8, 4) is 11.5 Å². The second kappa shape index (κ2) is 8.09. The molecule has 0 aliphatic rings. The highest BCUT2D eigenvalue weighted by Gasteiger charge is 2.13. The Morgan fingerprint density at radius 1 is 0.964 bits per heavy atom. The van der Waals surface area contributed by atoms with Gasteiger partial charge in [-0.2, -0.15) is 0 Å². The van der Waals surface area contributed by atoms with E-state index in [1.165, 1.54) is 5.56 Å². The lowest BCUT2D eigenvalue weighted by molar-refractivity contribution is -0.116. The van der Waals surface area contributed by atoms with Crippen molar-refractivity contribution in [3.05, 3.63) is 83.9 Å². The Morgan fingerprint density at radius 3 is 2.57 bits per heavy atom. The van der Waals surface area contributed by atoms with Crippen molar-refractivity contribution in [3.63, 3.8) is 0 Å². The van der Waals surface area contributed by atoms with Crippen molar-refractivity contribution >= 4 is 22.7 Å². The predicted molar refractivity (Wildman–Crippen MR) is 112 cm³/mol. The third kappa shape index (κ3) is 3.96. The number of para-hydroxylation sites is 2. The molecule has 0 saturated heterocycles. The predicted octanol–water partition coefficient (Wildman–Crippen LogP) is 5.76. The van der Waals surface area contributed by atoms with Gasteiger partial charge < -0.3 is 9.73 Å². The van der Waals surface area contributed by atoms with Gasteiger partial charge in [-0.25, -0.2) is 4.98 Å². The number of amides is 1. The van der Waals surface area contributed by atoms with Crippen LogP contribution in [0.25, 0.3) is 22.6 Å². The summed E-state index contributed by atoms with van der Waals surface area (Å²) in [6.45, 7) is 1.98. The van der Waals surface area contributed by atoms with Gasteiger partial charge in [-0.05, 0) is 55.2 Å². The highest BCUT2D eigenvalue weighted by Crippen LogP contribution is 2.30. The van der Waals surface area contributed by atoms with Crippen molar-refractivity contribution in [2.45, 2.75) is 26.2 Å². The van der Waals surface area contributed by atoms with Gasteiger partial charge in [-0.15, -0.1) is 0 Å². The topological polar surface area (TPSA) is 55.1 Å². The molecule has 0 saturated carbocycles. The van der Waals surface area contributed by atoms with Gasteiger partial charge in [-0.3, -0.25) is 4.79 Å². The lowest BCUT2D eigenvalue weighted by atomic mass is 10.1. The minimum Gasteiger partial charge on any atom is -0.436 e. The van der Waals surface area contributed by atoms with Gasteiger partial charge in [0.05, 0.1) is 0 Å². The van der Waals surface area contributed by atoms with Crippen molar-refractivity contribution in [2.24, 2.45) is 0 Å². The van der Waals surface area contributed by atoms with Crippen LogP contribution in [-0.4, -0.2) is 10.9 Å². The first-order valence-electron chi connectivity index (χ1n) is 9.50. The van der Waals surface area contributed by atoms with Gasteiger partial charge in [0.1, 0.15) is 5.52 Å². The van der Waals surface area contributed by atoms with Crippen molar-refractivity contribution < 1.29 is 9.21 Å². The molecule has 4 aromatic rings. The zero-order chi connectivity index (χ0) is 19.3. The molecule has 1 heterocycles. The second-order valence-corrected chi connectivity index (χ2v) is 6.85. The van der Waals surface area contributed by atoms with Crippen LogP contribution in [0.15, 0.2) is 77.2 Å². The van der Waals surface area contributed by atoms with Gasteiger partial charge in [-0.1, -0.05) is 48.5 Å². The molecule has 4 nitrogen and oxygen atoms in total. The first-order chi connectivity index (χ1) is 13.7. The number of nitrogens with one attached hydrogen (secondary N) is 1. The first-order valence-corrected chi connectivity index (χ1v) is 9.50. The highest BCUT2D eigenvalue weighted by atomic mass is 16.3. The maximum Gasteiger partial charge on any atom is 0.227 e. The summed E-state index contributed by atoms with van der Waals surface area (Å²) in [5.74, 6) is 0.590. The second-order valence-electron chi connectivity index (χ2n) is 6.85. The summed E-state index contributed by atoms with van der Waals surface area (Å²) >= 11 is 0. The molecule has 4 rings (SSSR count). The summed E-state index contributed by atoms with van der Waals surface area (Å²) in [5.41, 5.74) is 5.47. The molecule has 0 atom stereocenters. The van der Waals surface area contributed by atoms with Gasteiger partial charge in [0.25, 0.3) is 0 Å². The molecule has 1 aromatic heterocycles. The standard InChI is InChI=1S/C24H22N2O2/c1-17-19(24-26-21-13-5-6-15-22(21)28-24)12-8-14-20(17)25-23(27)16-7-11-18-9-3-2-4-10-18/h2-6,8-10,12-15H,7,11,16H2,1H3,(H,25,27). The molecule has 1 N–H and O–H groups in total. The Balaban J connectivity index is 1.45. The van der Waals surface area contributed by atoms with Crippen molar-refractivity contribution in [1.82, 2.24) is 4.98 Å². The quantitative estimate of drug-likeness (QED) is 0.469. The van der Waals surface area contributed by atoms with Gasteiger partial charge in [0, 0.05) is 17.7 Å². The molecular formula is C24H22N2O2. The van der Waals surface area contributed by atoms with Crippen molar-refractivity contribution in [2.75, 3.05) is 5.32 Å². The molecule has 0 bridgehead atoms. The number of nitrogens with zero attached hydrogens (tertiary/aromatic N) is 1. The normalized spacial score (nSPS) is 10.9. The number of hydrogen-bond acceptors (Lipinski definition) is 3. The number of aryl methyl sites for hydroxylation is 1. The van der Waals surface area contributed by atoms with Crippen LogP contribution >= 0.6 is 0 Å². The zero-order valence-corrected chi connectivity index (χ0v) is 15.8. The third-order valence-corrected chi connectivity index (χ3v) is 4.84. The Kier molecular flexibility index (Phi) is 5.20. The van der Waals surface area contributed by atoms with Crippen LogP contribution in [0.2, 0.25) is 0 Å². The summed E-state index contributed by atoms with van der Waals surface area (Å²) < 4.78 is 5.88. The maximum absolute atomic E-state index is 12.4. The third-order valence-electron chi connectivity index (χ3n) is 4.84. The summed E-state index contributed by atoms with van der Waals surface area (Å²) in [7, 11) is 0. The Morgan fingerprint density at radius 2 is 1.75 bits per heavy atom. The van der Waals surface area contributed by atoms with E-state index in [-0.39, 0.29) is 5.91 Å². The fraction of sp³-hybridized carbons (Fsp3) is 0.167. The largest absolute Gasteiger partial charge is 0.436 e. The minimum absolute atomic E-state index is 0.0220. The van der Waals surface area contributed by atoms with Crippen LogP contribution in [0.5, 0.6) is 0 Å². The van der Waals surface area contributed by atoms with Crippen LogP contribution in [0.1, 0.15) is 24.0 Å². The fourth-order valence-corrected chi connectivity index (χ4v) is 3.30. The van der Waals surface area contributed by atoms with Gasteiger partial charge in [0.2, 0.25) is 11.8 Å². The molecule has 140 valence electrons. The monoisotopic (exact) mass is 370 g/mol. The molecular weight excluding hydrogens is 348 g/mol. The first kappa shape index (κ1) is 18.0. The number of carbonyl (C=O) groups is 1. The Bertz CT molecular complexity index is 1070. The lowest BCUT2D eigenvalue weighted by Gasteiger charge is -2.11. The number of hydrogen-bond donors (Lipinski definition) is 1. The number of carbonyl (C=O) groups excluding carboxylic acids is 1. The lowest BCUT2D eigenvalue weighted by Crippen LogP contribution is -2.12. The van der Waals surface area contributed by atoms with E-state index in [0.29, 0.717) is 12.3 Å². The van der Waals surface area contributed by atoms with Crippen LogP contribution in [-0.2, 0) is 11.2 Å². The van der Waals surface area contributed by atoms with E-state index in [1.54, 1.807) is 0 Å². The van der Waals surface area contributed by atoms with Crippen molar-refractivity contribution in [1.29, 1.82) is 0 Å². The number of anilines is 1. The van der Waals surface area contributed by atoms with E-state index in [4.69, 9.17) is 4.42 Å². The van der Waals surface area contributed by atoms with E-state index in [2.05, 4.69) is 22.4 Å². The molecule has 0 aliphatic carbocycles. The van der Waals surface area contributed by atoms with Gasteiger partial charge >= 0.3 is 0 Å². The average molecular weight is 370 g/mol. The molecule has 0 spiro atoms. The smallest absolute Gasteiger partial charge is 0.227 e. The fourth-order valence-electron chi connectivity index (χ4n) is 3.30. The summed E-state index contributed by atoms with van der Waals surface area (Å²) in [5, 5.41) is 3.03. The molecule has 0 fully saturated rings. The number of rotatable bonds is 6. The summed E-state index contributed by atoms with van der Waals surface area (Å²) in [4.78, 5) is 17.0. The average Bonchev–Trinajstić information content (AvgIpc) is 3.14.